The van der Waals surface area contributed by atoms with E-state index in [1.807, 2.05) is 0 Å². The van der Waals surface area contributed by atoms with E-state index < -0.39 is 12.1 Å². The third-order valence-electron chi connectivity index (χ3n) is 1.81. The van der Waals surface area contributed by atoms with Gasteiger partial charge in [-0.2, -0.15) is 0 Å². The minimum Gasteiger partial charge on any atom is -0.508 e. The van der Waals surface area contributed by atoms with Crippen molar-refractivity contribution in [2.45, 2.75) is 26.1 Å². The first-order valence-corrected chi connectivity index (χ1v) is 4.68. The van der Waals surface area contributed by atoms with Crippen LogP contribution in [0.25, 0.3) is 0 Å². The number of rotatable bonds is 4. The maximum Gasteiger partial charge on any atom is 0.337 e. The van der Waals surface area contributed by atoms with Crippen LogP contribution in [0.5, 0.6) is 5.75 Å². The van der Waals surface area contributed by atoms with Crippen LogP contribution in [0.3, 0.4) is 0 Å². The highest BCUT2D eigenvalue weighted by Crippen LogP contribution is 2.22. The van der Waals surface area contributed by atoms with Crippen LogP contribution in [-0.4, -0.2) is 22.3 Å². The molecular formula is C11H14O4. The second-order valence-electron chi connectivity index (χ2n) is 3.50. The molecule has 0 aliphatic heterocycles. The van der Waals surface area contributed by atoms with Crippen LogP contribution in [0.4, 0.5) is 0 Å². The molecule has 2 N–H and O–H groups in total. The number of hydrogen-bond acceptors (Lipinski definition) is 3. The molecule has 4 nitrogen and oxygen atoms in total. The molecule has 15 heavy (non-hydrogen) atoms. The summed E-state index contributed by atoms with van der Waals surface area (Å²) in [6.45, 7) is 3.53. The molecule has 0 radical (unpaired) electrons. The molecule has 0 aliphatic rings. The lowest BCUT2D eigenvalue weighted by Gasteiger charge is -2.16. The van der Waals surface area contributed by atoms with E-state index in [9.17, 15) is 9.90 Å². The highest BCUT2D eigenvalue weighted by molar-refractivity contribution is 5.74. The van der Waals surface area contributed by atoms with Crippen LogP contribution in [0.2, 0.25) is 0 Å². The van der Waals surface area contributed by atoms with Crippen molar-refractivity contribution in [3.8, 4) is 5.75 Å². The molecule has 0 bridgehead atoms. The van der Waals surface area contributed by atoms with Gasteiger partial charge in [0.05, 0.1) is 6.10 Å². The molecule has 0 spiro atoms. The van der Waals surface area contributed by atoms with Crippen molar-refractivity contribution in [1.82, 2.24) is 0 Å². The van der Waals surface area contributed by atoms with E-state index in [4.69, 9.17) is 9.84 Å². The van der Waals surface area contributed by atoms with Crippen LogP contribution >= 0.6 is 0 Å². The van der Waals surface area contributed by atoms with E-state index in [1.165, 1.54) is 12.1 Å². The summed E-state index contributed by atoms with van der Waals surface area (Å²) in [5.41, 5.74) is 0.441. The molecule has 0 fully saturated rings. The number of benzene rings is 1. The molecule has 0 saturated carbocycles. The molecule has 0 heterocycles. The van der Waals surface area contributed by atoms with Gasteiger partial charge in [0.2, 0.25) is 0 Å². The number of ether oxygens (including phenoxy) is 1. The van der Waals surface area contributed by atoms with Crippen molar-refractivity contribution in [1.29, 1.82) is 0 Å². The maximum atomic E-state index is 10.9. The van der Waals surface area contributed by atoms with Gasteiger partial charge in [0.15, 0.2) is 6.10 Å². The number of phenolic OH excluding ortho intramolecular Hbond substituents is 1. The number of carboxylic acids is 1. The van der Waals surface area contributed by atoms with E-state index in [-0.39, 0.29) is 11.9 Å². The second-order valence-corrected chi connectivity index (χ2v) is 3.50. The molecule has 0 aromatic heterocycles. The van der Waals surface area contributed by atoms with E-state index in [0.29, 0.717) is 5.56 Å². The molecule has 1 rings (SSSR count). The Balaban J connectivity index is 2.94. The molecule has 0 amide bonds. The first-order chi connectivity index (χ1) is 7.00. The summed E-state index contributed by atoms with van der Waals surface area (Å²) in [6.07, 6.45) is -1.22. The van der Waals surface area contributed by atoms with Crippen molar-refractivity contribution in [2.75, 3.05) is 0 Å². The number of aromatic hydroxyl groups is 1. The predicted molar refractivity (Wildman–Crippen MR) is 54.7 cm³/mol. The van der Waals surface area contributed by atoms with Crippen molar-refractivity contribution in [2.24, 2.45) is 0 Å². The van der Waals surface area contributed by atoms with Gasteiger partial charge in [0.25, 0.3) is 0 Å². The van der Waals surface area contributed by atoms with E-state index >= 15 is 0 Å². The third kappa shape index (κ3) is 3.25. The summed E-state index contributed by atoms with van der Waals surface area (Å²) in [7, 11) is 0. The average Bonchev–Trinajstić information content (AvgIpc) is 2.13. The minimum absolute atomic E-state index is 0.0334. The zero-order valence-corrected chi connectivity index (χ0v) is 8.68. The lowest BCUT2D eigenvalue weighted by Crippen LogP contribution is -2.19. The van der Waals surface area contributed by atoms with Gasteiger partial charge >= 0.3 is 5.97 Å². The summed E-state index contributed by atoms with van der Waals surface area (Å²) < 4.78 is 5.24. The Morgan fingerprint density at radius 3 is 2.53 bits per heavy atom. The Hall–Kier alpha value is -1.55. The quantitative estimate of drug-likeness (QED) is 0.797. The molecule has 1 aromatic rings. The number of aliphatic carboxylic acids is 1. The zero-order chi connectivity index (χ0) is 11.4. The number of carboxylic acid groups (broad SMARTS) is 1. The van der Waals surface area contributed by atoms with Crippen LogP contribution in [0.1, 0.15) is 25.5 Å². The highest BCUT2D eigenvalue weighted by atomic mass is 16.5. The van der Waals surface area contributed by atoms with Crippen LogP contribution < -0.4 is 0 Å². The molecule has 0 aliphatic carbocycles. The number of carbonyl (C=O) groups is 1. The van der Waals surface area contributed by atoms with E-state index in [0.717, 1.165) is 0 Å². The van der Waals surface area contributed by atoms with E-state index in [2.05, 4.69) is 0 Å². The Morgan fingerprint density at radius 2 is 2.07 bits per heavy atom. The van der Waals surface area contributed by atoms with Crippen LogP contribution in [0.15, 0.2) is 24.3 Å². The summed E-state index contributed by atoms with van der Waals surface area (Å²) in [5, 5.41) is 18.2. The van der Waals surface area contributed by atoms with Crippen LogP contribution in [0, 0.1) is 0 Å². The second kappa shape index (κ2) is 4.79. The molecule has 4 heteroatoms. The molecular weight excluding hydrogens is 196 g/mol. The predicted octanol–water partition coefficient (Wildman–Crippen LogP) is 1.94. The van der Waals surface area contributed by atoms with Crippen molar-refractivity contribution in [3.63, 3.8) is 0 Å². The number of phenols is 1. The minimum atomic E-state index is -1.06. The fourth-order valence-electron chi connectivity index (χ4n) is 1.24. The molecule has 1 atom stereocenters. The molecule has 0 saturated heterocycles. The lowest BCUT2D eigenvalue weighted by atomic mass is 10.1. The number of hydrogen-bond donors (Lipinski definition) is 2. The Labute approximate surface area is 88.1 Å². The highest BCUT2D eigenvalue weighted by Gasteiger charge is 2.21. The van der Waals surface area contributed by atoms with Gasteiger partial charge in [-0.1, -0.05) is 12.1 Å². The summed E-state index contributed by atoms with van der Waals surface area (Å²) in [4.78, 5) is 10.9. The van der Waals surface area contributed by atoms with Gasteiger partial charge in [-0.3, -0.25) is 0 Å². The summed E-state index contributed by atoms with van der Waals surface area (Å²) >= 11 is 0. The Kier molecular flexibility index (Phi) is 3.68. The van der Waals surface area contributed by atoms with Gasteiger partial charge in [0.1, 0.15) is 5.75 Å². The fourth-order valence-corrected chi connectivity index (χ4v) is 1.24. The summed E-state index contributed by atoms with van der Waals surface area (Å²) in [5.74, 6) is -1.03. The van der Waals surface area contributed by atoms with Gasteiger partial charge in [-0.05, 0) is 31.5 Å². The van der Waals surface area contributed by atoms with Gasteiger partial charge in [-0.15, -0.1) is 0 Å². The van der Waals surface area contributed by atoms with Gasteiger partial charge in [-0.25, -0.2) is 4.79 Å². The van der Waals surface area contributed by atoms with Crippen LogP contribution in [-0.2, 0) is 9.53 Å². The Morgan fingerprint density at radius 1 is 1.40 bits per heavy atom. The van der Waals surface area contributed by atoms with Crippen molar-refractivity contribution in [3.05, 3.63) is 29.8 Å². The standard InChI is InChI=1S/C11H14O4/c1-7(2)15-10(11(13)14)8-4-3-5-9(12)6-8/h3-7,10,12H,1-2H3,(H,13,14). The van der Waals surface area contributed by atoms with E-state index in [1.54, 1.807) is 26.0 Å². The molecule has 1 unspecified atom stereocenters. The lowest BCUT2D eigenvalue weighted by molar-refractivity contribution is -0.153. The molecule has 1 aromatic carbocycles. The van der Waals surface area contributed by atoms with Gasteiger partial charge in [0, 0.05) is 0 Å². The zero-order valence-electron chi connectivity index (χ0n) is 8.68. The first kappa shape index (κ1) is 11.5. The smallest absolute Gasteiger partial charge is 0.337 e. The monoisotopic (exact) mass is 210 g/mol. The van der Waals surface area contributed by atoms with Crippen molar-refractivity contribution >= 4 is 5.97 Å². The first-order valence-electron chi connectivity index (χ1n) is 4.68. The largest absolute Gasteiger partial charge is 0.508 e. The topological polar surface area (TPSA) is 66.8 Å². The maximum absolute atomic E-state index is 10.9. The SMILES string of the molecule is CC(C)OC(C(=O)O)c1cccc(O)c1. The van der Waals surface area contributed by atoms with Crippen molar-refractivity contribution < 1.29 is 19.7 Å². The average molecular weight is 210 g/mol. The third-order valence-corrected chi connectivity index (χ3v) is 1.81. The Bertz CT molecular complexity index is 346. The molecule has 82 valence electrons. The van der Waals surface area contributed by atoms with Gasteiger partial charge < -0.3 is 14.9 Å². The summed E-state index contributed by atoms with van der Waals surface area (Å²) in [6, 6.07) is 6.07. The fraction of sp³-hybridized carbons (Fsp3) is 0.364. The normalized spacial score (nSPS) is 12.7.